The maximum atomic E-state index is 13.3. The fourth-order valence-electron chi connectivity index (χ4n) is 1.25. The van der Waals surface area contributed by atoms with Crippen LogP contribution in [-0.2, 0) is 0 Å². The van der Waals surface area contributed by atoms with Gasteiger partial charge in [0.15, 0.2) is 16.7 Å². The molecule has 0 aliphatic rings. The lowest BCUT2D eigenvalue weighted by Gasteiger charge is -2.02. The zero-order chi connectivity index (χ0) is 14.0. The van der Waals surface area contributed by atoms with Crippen molar-refractivity contribution < 1.29 is 18.4 Å². The van der Waals surface area contributed by atoms with Crippen LogP contribution in [0.2, 0.25) is 0 Å². The molecular weight excluding hydrogens is 276 g/mol. The zero-order valence-corrected chi connectivity index (χ0v) is 10.4. The van der Waals surface area contributed by atoms with Crippen LogP contribution in [0.15, 0.2) is 17.6 Å². The minimum atomic E-state index is -1.35. The van der Waals surface area contributed by atoms with E-state index in [4.69, 9.17) is 0 Å². The van der Waals surface area contributed by atoms with Crippen LogP contribution in [0.3, 0.4) is 0 Å². The van der Waals surface area contributed by atoms with E-state index >= 15 is 0 Å². The number of ketones is 1. The summed E-state index contributed by atoms with van der Waals surface area (Å²) >= 11 is 1.02. The zero-order valence-electron chi connectivity index (χ0n) is 9.61. The Kier molecular flexibility index (Phi) is 3.61. The molecule has 0 fully saturated rings. The molecule has 0 bridgehead atoms. The Labute approximate surface area is 110 Å². The number of nitrogens with zero attached hydrogens (tertiary/aromatic N) is 2. The van der Waals surface area contributed by atoms with Crippen molar-refractivity contribution in [1.82, 2.24) is 9.97 Å². The largest absolute Gasteiger partial charge is 0.298 e. The number of rotatable bonds is 3. The van der Waals surface area contributed by atoms with E-state index in [1.165, 1.54) is 12.3 Å². The van der Waals surface area contributed by atoms with Crippen LogP contribution in [-0.4, -0.2) is 21.7 Å². The summed E-state index contributed by atoms with van der Waals surface area (Å²) in [5.41, 5.74) is -0.284. The molecule has 1 amide bonds. The highest BCUT2D eigenvalue weighted by atomic mass is 32.1. The highest BCUT2D eigenvalue weighted by Gasteiger charge is 2.17. The van der Waals surface area contributed by atoms with Crippen LogP contribution in [0.25, 0.3) is 0 Å². The van der Waals surface area contributed by atoms with Crippen LogP contribution in [0, 0.1) is 11.8 Å². The van der Waals surface area contributed by atoms with Crippen molar-refractivity contribution in [3.8, 4) is 0 Å². The Balaban J connectivity index is 2.21. The van der Waals surface area contributed by atoms with Crippen molar-refractivity contribution in [3.05, 3.63) is 40.7 Å². The van der Waals surface area contributed by atoms with Gasteiger partial charge in [0.25, 0.3) is 5.91 Å². The minimum absolute atomic E-state index is 0.131. The van der Waals surface area contributed by atoms with Gasteiger partial charge in [-0.25, -0.2) is 14.4 Å². The molecule has 0 unspecified atom stereocenters. The molecule has 2 aromatic rings. The van der Waals surface area contributed by atoms with E-state index in [-0.39, 0.29) is 16.6 Å². The normalized spacial score (nSPS) is 10.3. The number of nitrogens with one attached hydrogen (secondary N) is 1. The molecule has 2 rings (SSSR count). The number of amides is 1. The second-order valence-electron chi connectivity index (χ2n) is 3.51. The lowest BCUT2D eigenvalue weighted by Crippen LogP contribution is -2.15. The predicted octanol–water partition coefficient (Wildman–Crippen LogP) is 2.27. The second-order valence-corrected chi connectivity index (χ2v) is 4.37. The van der Waals surface area contributed by atoms with E-state index in [9.17, 15) is 18.4 Å². The highest BCUT2D eigenvalue weighted by molar-refractivity contribution is 7.14. The Hall–Kier alpha value is -2.22. The molecule has 0 aliphatic heterocycles. The Morgan fingerprint density at radius 1 is 1.37 bits per heavy atom. The van der Waals surface area contributed by atoms with E-state index < -0.39 is 23.2 Å². The van der Waals surface area contributed by atoms with Gasteiger partial charge < -0.3 is 0 Å². The number of anilines is 1. The topological polar surface area (TPSA) is 72.0 Å². The summed E-state index contributed by atoms with van der Waals surface area (Å²) in [4.78, 5) is 29.6. The first-order valence-corrected chi connectivity index (χ1v) is 5.95. The summed E-state index contributed by atoms with van der Waals surface area (Å²) in [6, 6.07) is 1.05. The van der Waals surface area contributed by atoms with E-state index in [1.54, 1.807) is 0 Å². The van der Waals surface area contributed by atoms with Gasteiger partial charge in [0, 0.05) is 18.5 Å². The molecule has 0 aromatic carbocycles. The predicted molar refractivity (Wildman–Crippen MR) is 64.2 cm³/mol. The van der Waals surface area contributed by atoms with Crippen molar-refractivity contribution >= 4 is 28.2 Å². The van der Waals surface area contributed by atoms with Crippen molar-refractivity contribution in [1.29, 1.82) is 0 Å². The van der Waals surface area contributed by atoms with E-state index in [0.717, 1.165) is 23.6 Å². The molecule has 19 heavy (non-hydrogen) atoms. The first-order valence-electron chi connectivity index (χ1n) is 5.07. The molecule has 0 aliphatic carbocycles. The summed E-state index contributed by atoms with van der Waals surface area (Å²) in [6.45, 7) is 1.33. The minimum Gasteiger partial charge on any atom is -0.298 e. The van der Waals surface area contributed by atoms with Gasteiger partial charge in [0.2, 0.25) is 5.95 Å². The van der Waals surface area contributed by atoms with E-state index in [2.05, 4.69) is 15.3 Å². The van der Waals surface area contributed by atoms with Crippen molar-refractivity contribution in [2.75, 3.05) is 5.32 Å². The van der Waals surface area contributed by atoms with E-state index in [1.807, 2.05) is 0 Å². The fraction of sp³-hybridized carbons (Fsp3) is 0.0909. The van der Waals surface area contributed by atoms with Gasteiger partial charge in [-0.05, 0) is 6.07 Å². The number of aromatic nitrogens is 2. The van der Waals surface area contributed by atoms with Crippen LogP contribution in [0.4, 0.5) is 13.9 Å². The fourth-order valence-corrected chi connectivity index (χ4v) is 2.00. The van der Waals surface area contributed by atoms with Crippen LogP contribution in [0.1, 0.15) is 27.8 Å². The number of carbonyl (C=O) groups excluding carboxylic acids is 2. The molecule has 0 spiro atoms. The molecule has 0 atom stereocenters. The molecule has 98 valence electrons. The van der Waals surface area contributed by atoms with Crippen LogP contribution in [0.5, 0.6) is 0 Å². The second kappa shape index (κ2) is 5.19. The number of hydrogen-bond acceptors (Lipinski definition) is 5. The third kappa shape index (κ3) is 2.79. The number of Topliss-reactive ketones (excluding diaryl/α,β-unsaturated/α-hetero) is 1. The summed E-state index contributed by atoms with van der Waals surface area (Å²) in [5, 5.41) is 3.87. The van der Waals surface area contributed by atoms with Gasteiger partial charge >= 0.3 is 0 Å². The number of carbonyl (C=O) groups is 2. The van der Waals surface area contributed by atoms with Gasteiger partial charge in [-0.3, -0.25) is 14.9 Å². The first kappa shape index (κ1) is 13.2. The van der Waals surface area contributed by atoms with Gasteiger partial charge in [-0.1, -0.05) is 0 Å². The average molecular weight is 283 g/mol. The Bertz CT molecular complexity index is 657. The molecule has 0 saturated carbocycles. The molecule has 2 aromatic heterocycles. The number of halogens is 2. The van der Waals surface area contributed by atoms with Crippen molar-refractivity contribution in [3.63, 3.8) is 0 Å². The molecule has 0 saturated heterocycles. The lowest BCUT2D eigenvalue weighted by atomic mass is 10.2. The molecule has 2 heterocycles. The molecule has 1 N–H and O–H groups in total. The summed E-state index contributed by atoms with van der Waals surface area (Å²) in [5.74, 6) is -3.79. The quantitative estimate of drug-likeness (QED) is 0.693. The molecule has 8 heteroatoms. The lowest BCUT2D eigenvalue weighted by molar-refractivity contribution is 0.100. The maximum Gasteiger partial charge on any atom is 0.260 e. The number of hydrogen-bond donors (Lipinski definition) is 1. The highest BCUT2D eigenvalue weighted by Crippen LogP contribution is 2.18. The van der Waals surface area contributed by atoms with E-state index in [0.29, 0.717) is 0 Å². The van der Waals surface area contributed by atoms with Crippen molar-refractivity contribution in [2.45, 2.75) is 6.92 Å². The van der Waals surface area contributed by atoms with Gasteiger partial charge in [0.1, 0.15) is 5.69 Å². The molecule has 0 radical (unpaired) electrons. The van der Waals surface area contributed by atoms with Gasteiger partial charge in [-0.2, -0.15) is 4.39 Å². The maximum absolute atomic E-state index is 13.3. The number of pyridine rings is 1. The summed E-state index contributed by atoms with van der Waals surface area (Å²) in [7, 11) is 0. The first-order chi connectivity index (χ1) is 8.99. The number of thiazole rings is 1. The molecular formula is C11H7F2N3O2S. The smallest absolute Gasteiger partial charge is 0.260 e. The van der Waals surface area contributed by atoms with Gasteiger partial charge in [0.05, 0.1) is 5.56 Å². The Morgan fingerprint density at radius 2 is 2.11 bits per heavy atom. The average Bonchev–Trinajstić information content (AvgIpc) is 2.81. The third-order valence-corrected chi connectivity index (χ3v) is 2.93. The molecule has 5 nitrogen and oxygen atoms in total. The standard InChI is InChI=1S/C11H7F2N3O2S/c1-5(17)7-4-19-11(15-7)16-10(18)6-2-3-14-9(13)8(6)12/h2-4H,1H3,(H,15,16,18). The summed E-state index contributed by atoms with van der Waals surface area (Å²) in [6.07, 6.45) is 0.982. The van der Waals surface area contributed by atoms with Crippen molar-refractivity contribution in [2.24, 2.45) is 0 Å². The summed E-state index contributed by atoms with van der Waals surface area (Å²) < 4.78 is 26.2. The Morgan fingerprint density at radius 3 is 2.74 bits per heavy atom. The van der Waals surface area contributed by atoms with Crippen LogP contribution >= 0.6 is 11.3 Å². The van der Waals surface area contributed by atoms with Crippen LogP contribution < -0.4 is 5.32 Å². The SMILES string of the molecule is CC(=O)c1csc(NC(=O)c2ccnc(F)c2F)n1. The third-order valence-electron chi connectivity index (χ3n) is 2.18. The monoisotopic (exact) mass is 283 g/mol. The van der Waals surface area contributed by atoms with Gasteiger partial charge in [-0.15, -0.1) is 11.3 Å².